The highest BCUT2D eigenvalue weighted by atomic mass is 32.2. The lowest BCUT2D eigenvalue weighted by atomic mass is 9.87. The number of hydrogen-bond acceptors (Lipinski definition) is 6. The molecule has 0 aromatic carbocycles. The molecule has 0 aliphatic heterocycles. The van der Waals surface area contributed by atoms with Gasteiger partial charge in [-0.05, 0) is 18.8 Å². The number of Topliss-reactive ketones (excluding diaryl/α,β-unsaturated/α-hetero) is 1. The number of carbonyl (C=O) groups is 3. The van der Waals surface area contributed by atoms with Crippen LogP contribution in [0, 0.1) is 5.92 Å². The average Bonchev–Trinajstić information content (AvgIpc) is 2.87. The van der Waals surface area contributed by atoms with Crippen molar-refractivity contribution in [2.24, 2.45) is 5.92 Å². The van der Waals surface area contributed by atoms with Gasteiger partial charge in [-0.15, -0.1) is 11.8 Å². The molecule has 7 heteroatoms. The minimum absolute atomic E-state index is 0.0328. The molecule has 0 spiro atoms. The predicted molar refractivity (Wildman–Crippen MR) is 76.5 cm³/mol. The van der Waals surface area contributed by atoms with Gasteiger partial charge in [0.25, 0.3) is 0 Å². The van der Waals surface area contributed by atoms with Crippen LogP contribution in [0.15, 0.2) is 11.0 Å². The zero-order chi connectivity index (χ0) is 15.0. The van der Waals surface area contributed by atoms with Crippen LogP contribution in [-0.4, -0.2) is 40.6 Å². The number of H-pyrrole nitrogens is 1. The molecule has 0 bridgehead atoms. The molecule has 0 radical (unpaired) electrons. The van der Waals surface area contributed by atoms with Crippen molar-refractivity contribution >= 4 is 29.3 Å². The SMILES string of the molecule is COC(=O)c1n[nH]c2c1C(=O)C(SCC1CCC1)=CC2=O. The van der Waals surface area contributed by atoms with Crippen LogP contribution < -0.4 is 0 Å². The van der Waals surface area contributed by atoms with E-state index in [9.17, 15) is 14.4 Å². The molecule has 1 aromatic heterocycles. The van der Waals surface area contributed by atoms with Crippen molar-refractivity contribution in [1.29, 1.82) is 0 Å². The predicted octanol–water partition coefficient (Wildman–Crippen LogP) is 1.99. The van der Waals surface area contributed by atoms with Crippen LogP contribution in [0.5, 0.6) is 0 Å². The highest BCUT2D eigenvalue weighted by Crippen LogP contribution is 2.35. The van der Waals surface area contributed by atoms with E-state index in [1.54, 1.807) is 0 Å². The molecule has 1 fully saturated rings. The number of thioether (sulfide) groups is 1. The van der Waals surface area contributed by atoms with E-state index in [0.717, 1.165) is 5.75 Å². The van der Waals surface area contributed by atoms with Crippen LogP contribution in [0.25, 0.3) is 0 Å². The Morgan fingerprint density at radius 2 is 2.24 bits per heavy atom. The smallest absolute Gasteiger partial charge is 0.359 e. The van der Waals surface area contributed by atoms with E-state index in [1.165, 1.54) is 44.2 Å². The van der Waals surface area contributed by atoms with Crippen molar-refractivity contribution in [1.82, 2.24) is 10.2 Å². The fourth-order valence-electron chi connectivity index (χ4n) is 2.34. The van der Waals surface area contributed by atoms with Gasteiger partial charge in [0, 0.05) is 11.8 Å². The maximum absolute atomic E-state index is 12.5. The molecule has 6 nitrogen and oxygen atoms in total. The van der Waals surface area contributed by atoms with Crippen molar-refractivity contribution in [3.05, 3.63) is 27.9 Å². The van der Waals surface area contributed by atoms with E-state index < -0.39 is 5.97 Å². The molecule has 3 rings (SSSR count). The number of methoxy groups -OCH3 is 1. The minimum atomic E-state index is -0.723. The number of nitrogens with zero attached hydrogens (tertiary/aromatic N) is 1. The number of allylic oxidation sites excluding steroid dienone is 2. The molecule has 21 heavy (non-hydrogen) atoms. The lowest BCUT2D eigenvalue weighted by Gasteiger charge is -2.25. The van der Waals surface area contributed by atoms with Gasteiger partial charge in [-0.3, -0.25) is 14.7 Å². The number of hydrogen-bond donors (Lipinski definition) is 1. The third kappa shape index (κ3) is 2.42. The van der Waals surface area contributed by atoms with Gasteiger partial charge in [-0.25, -0.2) is 4.79 Å². The van der Waals surface area contributed by atoms with Crippen molar-refractivity contribution in [3.8, 4) is 0 Å². The van der Waals surface area contributed by atoms with Crippen molar-refractivity contribution in [3.63, 3.8) is 0 Å². The van der Waals surface area contributed by atoms with Crippen molar-refractivity contribution in [2.75, 3.05) is 12.9 Å². The Morgan fingerprint density at radius 3 is 2.86 bits per heavy atom. The number of fused-ring (bicyclic) bond motifs is 1. The maximum Gasteiger partial charge on any atom is 0.359 e. The van der Waals surface area contributed by atoms with E-state index in [1.807, 2.05) is 0 Å². The van der Waals surface area contributed by atoms with E-state index in [2.05, 4.69) is 14.9 Å². The summed E-state index contributed by atoms with van der Waals surface area (Å²) < 4.78 is 4.59. The number of carbonyl (C=O) groups excluding carboxylic acids is 3. The van der Waals surface area contributed by atoms with E-state index in [4.69, 9.17) is 0 Å². The molecular weight excluding hydrogens is 292 g/mol. The number of ketones is 2. The van der Waals surface area contributed by atoms with Crippen LogP contribution >= 0.6 is 11.8 Å². The summed E-state index contributed by atoms with van der Waals surface area (Å²) in [6.45, 7) is 0. The van der Waals surface area contributed by atoms with Gasteiger partial charge in [0.2, 0.25) is 11.6 Å². The summed E-state index contributed by atoms with van der Waals surface area (Å²) in [7, 11) is 1.21. The fourth-order valence-corrected chi connectivity index (χ4v) is 3.51. The number of aromatic nitrogens is 2. The largest absolute Gasteiger partial charge is 0.464 e. The molecule has 0 saturated heterocycles. The normalized spacial score (nSPS) is 18.0. The number of aromatic amines is 1. The summed E-state index contributed by atoms with van der Waals surface area (Å²) in [5.74, 6) is 0.0564. The first-order valence-corrected chi connectivity index (χ1v) is 7.70. The topological polar surface area (TPSA) is 89.1 Å². The average molecular weight is 306 g/mol. The van der Waals surface area contributed by atoms with Gasteiger partial charge in [-0.1, -0.05) is 6.42 Å². The second-order valence-electron chi connectivity index (χ2n) is 5.12. The summed E-state index contributed by atoms with van der Waals surface area (Å²) in [4.78, 5) is 36.5. The minimum Gasteiger partial charge on any atom is -0.464 e. The molecule has 1 heterocycles. The molecule has 2 aliphatic carbocycles. The first kappa shape index (κ1) is 14.1. The quantitative estimate of drug-likeness (QED) is 0.856. The van der Waals surface area contributed by atoms with Gasteiger partial charge >= 0.3 is 5.97 Å². The highest BCUT2D eigenvalue weighted by molar-refractivity contribution is 8.04. The molecule has 1 aromatic rings. The summed E-state index contributed by atoms with van der Waals surface area (Å²) in [6, 6.07) is 0. The Bertz CT molecular complexity index is 658. The molecule has 1 saturated carbocycles. The Kier molecular flexibility index (Phi) is 3.67. The number of esters is 1. The van der Waals surface area contributed by atoms with Crippen molar-refractivity contribution in [2.45, 2.75) is 19.3 Å². The van der Waals surface area contributed by atoms with Crippen LogP contribution in [0.3, 0.4) is 0 Å². The van der Waals surface area contributed by atoms with E-state index in [0.29, 0.717) is 10.8 Å². The summed E-state index contributed by atoms with van der Waals surface area (Å²) in [6.07, 6.45) is 4.91. The molecule has 0 atom stereocenters. The van der Waals surface area contributed by atoms with E-state index >= 15 is 0 Å². The summed E-state index contributed by atoms with van der Waals surface area (Å²) >= 11 is 1.39. The summed E-state index contributed by atoms with van der Waals surface area (Å²) in [5, 5.41) is 6.20. The first-order chi connectivity index (χ1) is 10.1. The van der Waals surface area contributed by atoms with Gasteiger partial charge < -0.3 is 4.74 Å². The Hall–Kier alpha value is -1.89. The van der Waals surface area contributed by atoms with Crippen molar-refractivity contribution < 1.29 is 19.1 Å². The zero-order valence-corrected chi connectivity index (χ0v) is 12.3. The molecule has 110 valence electrons. The summed E-state index contributed by atoms with van der Waals surface area (Å²) in [5.41, 5.74) is -0.0282. The maximum atomic E-state index is 12.5. The fraction of sp³-hybridized carbons (Fsp3) is 0.429. The second kappa shape index (κ2) is 5.48. The number of ether oxygens (including phenoxy) is 1. The molecule has 0 amide bonds. The standard InChI is InChI=1S/C14H14N2O4S/c1-20-14(19)12-10-11(15-16-12)8(17)5-9(13(10)18)21-6-7-3-2-4-7/h5,7H,2-4,6H2,1H3,(H,15,16). The number of nitrogens with one attached hydrogen (secondary N) is 1. The molecular formula is C14H14N2O4S. The monoisotopic (exact) mass is 306 g/mol. The lowest BCUT2D eigenvalue weighted by molar-refractivity contribution is 0.0591. The first-order valence-electron chi connectivity index (χ1n) is 6.72. The number of rotatable bonds is 4. The Balaban J connectivity index is 1.86. The van der Waals surface area contributed by atoms with Crippen LogP contribution in [0.1, 0.15) is 50.6 Å². The third-order valence-electron chi connectivity index (χ3n) is 3.80. The van der Waals surface area contributed by atoms with Gasteiger partial charge in [0.05, 0.1) is 17.6 Å². The zero-order valence-electron chi connectivity index (χ0n) is 11.5. The molecule has 2 aliphatic rings. The third-order valence-corrected chi connectivity index (χ3v) is 5.06. The van der Waals surface area contributed by atoms with Gasteiger partial charge in [-0.2, -0.15) is 5.10 Å². The highest BCUT2D eigenvalue weighted by Gasteiger charge is 2.34. The van der Waals surface area contributed by atoms with E-state index in [-0.39, 0.29) is 28.5 Å². The van der Waals surface area contributed by atoms with Crippen LogP contribution in [0.2, 0.25) is 0 Å². The van der Waals surface area contributed by atoms with Gasteiger partial charge in [0.15, 0.2) is 5.69 Å². The van der Waals surface area contributed by atoms with Crippen LogP contribution in [0.4, 0.5) is 0 Å². The Morgan fingerprint density at radius 1 is 1.48 bits per heavy atom. The van der Waals surface area contributed by atoms with Crippen LogP contribution in [-0.2, 0) is 4.74 Å². The Labute approximate surface area is 125 Å². The second-order valence-corrected chi connectivity index (χ2v) is 6.19. The van der Waals surface area contributed by atoms with Gasteiger partial charge in [0.1, 0.15) is 5.69 Å². The molecule has 1 N–H and O–H groups in total. The molecule has 0 unspecified atom stereocenters. The lowest BCUT2D eigenvalue weighted by Crippen LogP contribution is -2.20.